The summed E-state index contributed by atoms with van der Waals surface area (Å²) in [5.74, 6) is -0.668. The van der Waals surface area contributed by atoms with Crippen LogP contribution >= 0.6 is 11.6 Å². The molecule has 0 aliphatic carbocycles. The molecule has 136 valence electrons. The van der Waals surface area contributed by atoms with Gasteiger partial charge in [0.05, 0.1) is 10.7 Å². The molecule has 0 fully saturated rings. The van der Waals surface area contributed by atoms with Crippen LogP contribution < -0.4 is 5.32 Å². The highest BCUT2D eigenvalue weighted by atomic mass is 35.5. The van der Waals surface area contributed by atoms with Crippen molar-refractivity contribution in [2.24, 2.45) is 0 Å². The van der Waals surface area contributed by atoms with Crippen molar-refractivity contribution in [3.8, 4) is 5.75 Å². The van der Waals surface area contributed by atoms with Gasteiger partial charge >= 0.3 is 5.97 Å². The zero-order valence-corrected chi connectivity index (χ0v) is 15.5. The number of benzene rings is 1. The molecule has 0 saturated carbocycles. The van der Waals surface area contributed by atoms with E-state index in [4.69, 9.17) is 16.3 Å². The molecule has 0 spiro atoms. The summed E-state index contributed by atoms with van der Waals surface area (Å²) < 4.78 is 7.11. The fourth-order valence-corrected chi connectivity index (χ4v) is 2.73. The SMILES string of the molecule is CC(C)(C)OC(=O)c1ccc(CNc2cc(Cl)cn3ccnc23)cc1O. The lowest BCUT2D eigenvalue weighted by atomic mass is 10.1. The monoisotopic (exact) mass is 373 g/mol. The Morgan fingerprint density at radius 1 is 1.35 bits per heavy atom. The van der Waals surface area contributed by atoms with Gasteiger partial charge in [-0.2, -0.15) is 0 Å². The van der Waals surface area contributed by atoms with Gasteiger partial charge in [0, 0.05) is 25.1 Å². The minimum Gasteiger partial charge on any atom is -0.507 e. The molecule has 1 aromatic carbocycles. The number of hydrogen-bond donors (Lipinski definition) is 2. The van der Waals surface area contributed by atoms with E-state index in [1.807, 2.05) is 10.6 Å². The Morgan fingerprint density at radius 3 is 2.81 bits per heavy atom. The number of carbonyl (C=O) groups is 1. The van der Waals surface area contributed by atoms with Gasteiger partial charge in [-0.25, -0.2) is 9.78 Å². The number of pyridine rings is 1. The highest BCUT2D eigenvalue weighted by molar-refractivity contribution is 6.30. The largest absolute Gasteiger partial charge is 0.507 e. The number of nitrogens with one attached hydrogen (secondary N) is 1. The maximum atomic E-state index is 12.1. The maximum absolute atomic E-state index is 12.1. The number of aromatic nitrogens is 2. The molecule has 0 amide bonds. The van der Waals surface area contributed by atoms with Gasteiger partial charge in [-0.05, 0) is 44.5 Å². The second-order valence-electron chi connectivity index (χ2n) is 6.94. The average Bonchev–Trinajstić information content (AvgIpc) is 2.99. The Bertz CT molecular complexity index is 960. The molecular weight excluding hydrogens is 354 g/mol. The van der Waals surface area contributed by atoms with E-state index in [2.05, 4.69) is 10.3 Å². The number of hydrogen-bond acceptors (Lipinski definition) is 5. The Kier molecular flexibility index (Phi) is 4.78. The molecule has 0 unspecified atom stereocenters. The number of fused-ring (bicyclic) bond motifs is 1. The molecule has 0 saturated heterocycles. The molecule has 0 aliphatic rings. The molecule has 0 radical (unpaired) electrons. The van der Waals surface area contributed by atoms with E-state index in [1.165, 1.54) is 0 Å². The van der Waals surface area contributed by atoms with Crippen LogP contribution in [0.3, 0.4) is 0 Å². The van der Waals surface area contributed by atoms with E-state index >= 15 is 0 Å². The van der Waals surface area contributed by atoms with E-state index < -0.39 is 11.6 Å². The summed E-state index contributed by atoms with van der Waals surface area (Å²) in [5, 5.41) is 14.0. The van der Waals surface area contributed by atoms with Crippen LogP contribution in [-0.4, -0.2) is 26.1 Å². The lowest BCUT2D eigenvalue weighted by molar-refractivity contribution is 0.00668. The van der Waals surface area contributed by atoms with Gasteiger partial charge in [0.25, 0.3) is 0 Å². The Hall–Kier alpha value is -2.73. The van der Waals surface area contributed by atoms with Crippen molar-refractivity contribution in [2.75, 3.05) is 5.32 Å². The predicted molar refractivity (Wildman–Crippen MR) is 101 cm³/mol. The molecule has 2 aromatic heterocycles. The highest BCUT2D eigenvalue weighted by Crippen LogP contribution is 2.24. The van der Waals surface area contributed by atoms with Gasteiger partial charge in [0.1, 0.15) is 16.9 Å². The lowest BCUT2D eigenvalue weighted by Gasteiger charge is -2.20. The van der Waals surface area contributed by atoms with Gasteiger partial charge in [-0.1, -0.05) is 17.7 Å². The number of aromatic hydroxyl groups is 1. The lowest BCUT2D eigenvalue weighted by Crippen LogP contribution is -2.24. The number of phenols is 1. The molecule has 0 atom stereocenters. The molecule has 7 heteroatoms. The molecule has 6 nitrogen and oxygen atoms in total. The van der Waals surface area contributed by atoms with Crippen LogP contribution in [-0.2, 0) is 11.3 Å². The van der Waals surface area contributed by atoms with Crippen molar-refractivity contribution in [2.45, 2.75) is 32.9 Å². The molecule has 0 bridgehead atoms. The van der Waals surface area contributed by atoms with Crippen molar-refractivity contribution in [3.05, 3.63) is 59.0 Å². The van der Waals surface area contributed by atoms with Gasteiger partial charge in [0.15, 0.2) is 5.65 Å². The van der Waals surface area contributed by atoms with Gasteiger partial charge < -0.3 is 19.6 Å². The van der Waals surface area contributed by atoms with Crippen LogP contribution in [0.15, 0.2) is 42.9 Å². The van der Waals surface area contributed by atoms with E-state index in [1.54, 1.807) is 57.4 Å². The van der Waals surface area contributed by atoms with Gasteiger partial charge in [-0.15, -0.1) is 0 Å². The molecule has 3 aromatic rings. The number of phenolic OH excluding ortho intramolecular Hbond substituents is 1. The zero-order valence-electron chi connectivity index (χ0n) is 14.8. The molecular formula is C19H20ClN3O3. The van der Waals surface area contributed by atoms with Crippen LogP contribution in [0.1, 0.15) is 36.7 Å². The molecule has 2 heterocycles. The number of carbonyl (C=O) groups excluding carboxylic acids is 1. The summed E-state index contributed by atoms with van der Waals surface area (Å²) in [6.07, 6.45) is 5.28. The predicted octanol–water partition coefficient (Wildman–Crippen LogP) is 4.26. The third-order valence-electron chi connectivity index (χ3n) is 3.62. The minimum absolute atomic E-state index is 0.115. The first-order chi connectivity index (χ1) is 12.2. The van der Waals surface area contributed by atoms with Crippen LogP contribution in [0.2, 0.25) is 5.02 Å². The number of halogens is 1. The number of nitrogens with zero attached hydrogens (tertiary/aromatic N) is 2. The number of esters is 1. The topological polar surface area (TPSA) is 75.9 Å². The number of ether oxygens (including phenoxy) is 1. The summed E-state index contributed by atoms with van der Waals surface area (Å²) in [5.41, 5.74) is 1.86. The van der Waals surface area contributed by atoms with Crippen molar-refractivity contribution in [1.29, 1.82) is 0 Å². The van der Waals surface area contributed by atoms with Crippen molar-refractivity contribution in [1.82, 2.24) is 9.38 Å². The molecule has 0 aliphatic heterocycles. The summed E-state index contributed by atoms with van der Waals surface area (Å²) in [7, 11) is 0. The van der Waals surface area contributed by atoms with E-state index in [0.717, 1.165) is 16.9 Å². The van der Waals surface area contributed by atoms with Crippen molar-refractivity contribution >= 4 is 28.9 Å². The Balaban J connectivity index is 1.76. The van der Waals surface area contributed by atoms with Gasteiger partial charge in [0.2, 0.25) is 0 Å². The Morgan fingerprint density at radius 2 is 2.12 bits per heavy atom. The first-order valence-electron chi connectivity index (χ1n) is 8.14. The first kappa shape index (κ1) is 18.1. The van der Waals surface area contributed by atoms with E-state index in [0.29, 0.717) is 11.6 Å². The van der Waals surface area contributed by atoms with Crippen molar-refractivity contribution in [3.63, 3.8) is 0 Å². The minimum atomic E-state index is -0.619. The molecule has 3 rings (SSSR count). The quantitative estimate of drug-likeness (QED) is 0.668. The standard InChI is InChI=1S/C19H20ClN3O3/c1-19(2,3)26-18(25)14-5-4-12(8-16(14)24)10-22-15-9-13(20)11-23-7-6-21-17(15)23/h4-9,11,22,24H,10H2,1-3H3. The second-order valence-corrected chi connectivity index (χ2v) is 7.37. The van der Waals surface area contributed by atoms with Crippen LogP contribution in [0, 0.1) is 0 Å². The smallest absolute Gasteiger partial charge is 0.342 e. The number of imidazole rings is 1. The molecule has 2 N–H and O–H groups in total. The van der Waals surface area contributed by atoms with E-state index in [-0.39, 0.29) is 11.3 Å². The second kappa shape index (κ2) is 6.88. The van der Waals surface area contributed by atoms with Crippen LogP contribution in [0.5, 0.6) is 5.75 Å². The summed E-state index contributed by atoms with van der Waals surface area (Å²) >= 11 is 6.12. The first-order valence-corrected chi connectivity index (χ1v) is 8.52. The Labute approximate surface area is 156 Å². The summed E-state index contributed by atoms with van der Waals surface area (Å²) in [4.78, 5) is 16.4. The van der Waals surface area contributed by atoms with E-state index in [9.17, 15) is 9.90 Å². The maximum Gasteiger partial charge on any atom is 0.342 e. The average molecular weight is 374 g/mol. The normalized spacial score (nSPS) is 11.5. The summed E-state index contributed by atoms with van der Waals surface area (Å²) in [6.45, 7) is 5.77. The fourth-order valence-electron chi connectivity index (χ4n) is 2.52. The third-order valence-corrected chi connectivity index (χ3v) is 3.82. The number of anilines is 1. The van der Waals surface area contributed by atoms with Crippen molar-refractivity contribution < 1.29 is 14.6 Å². The molecule has 26 heavy (non-hydrogen) atoms. The summed E-state index contributed by atoms with van der Waals surface area (Å²) in [6, 6.07) is 6.65. The third kappa shape index (κ3) is 4.08. The van der Waals surface area contributed by atoms with Crippen LogP contribution in [0.4, 0.5) is 5.69 Å². The zero-order chi connectivity index (χ0) is 18.9. The van der Waals surface area contributed by atoms with Gasteiger partial charge in [-0.3, -0.25) is 0 Å². The van der Waals surface area contributed by atoms with Crippen LogP contribution in [0.25, 0.3) is 5.65 Å². The fraction of sp³-hybridized carbons (Fsp3) is 0.263. The highest BCUT2D eigenvalue weighted by Gasteiger charge is 2.20. The number of rotatable bonds is 4.